The molecule has 9 heteroatoms. The molecular formula is C17H11Cl2FN2O3S. The summed E-state index contributed by atoms with van der Waals surface area (Å²) in [5, 5.41) is 9.69. The van der Waals surface area contributed by atoms with Crippen LogP contribution in [0.15, 0.2) is 41.3 Å². The van der Waals surface area contributed by atoms with Crippen LogP contribution >= 0.6 is 23.2 Å². The van der Waals surface area contributed by atoms with Gasteiger partial charge in [-0.1, -0.05) is 29.3 Å². The van der Waals surface area contributed by atoms with Gasteiger partial charge in [0.1, 0.15) is 16.8 Å². The number of amides is 1. The van der Waals surface area contributed by atoms with E-state index >= 15 is 0 Å². The summed E-state index contributed by atoms with van der Waals surface area (Å²) in [4.78, 5) is 12.1. The van der Waals surface area contributed by atoms with Gasteiger partial charge in [0.15, 0.2) is 0 Å². The largest absolute Gasteiger partial charge is 0.273 e. The number of hydrogen-bond acceptors (Lipinski definition) is 4. The highest BCUT2D eigenvalue weighted by molar-refractivity contribution is 7.90. The summed E-state index contributed by atoms with van der Waals surface area (Å²) in [7, 11) is -4.43. The Morgan fingerprint density at radius 3 is 2.46 bits per heavy atom. The molecule has 134 valence electrons. The molecule has 0 atom stereocenters. The second-order valence-corrected chi connectivity index (χ2v) is 8.39. The van der Waals surface area contributed by atoms with Crippen molar-refractivity contribution < 1.29 is 17.6 Å². The van der Waals surface area contributed by atoms with Crippen LogP contribution in [0.5, 0.6) is 0 Å². The number of benzene rings is 2. The lowest BCUT2D eigenvalue weighted by Crippen LogP contribution is -2.39. The Balaban J connectivity index is 1.95. The van der Waals surface area contributed by atoms with E-state index in [4.69, 9.17) is 28.5 Å². The summed E-state index contributed by atoms with van der Waals surface area (Å²) in [6.45, 7) is 0. The standard InChI is InChI=1S/C17H11Cl2FN2O3S/c18-11-2-4-13(14(19)7-11)17(5-6-17)16(23)22-26(24,25)15-8-12(20)3-1-10(15)9-21/h1-4,7-8H,5-6H2,(H,22,23). The molecule has 1 fully saturated rings. The molecule has 1 amide bonds. The molecule has 0 heterocycles. The highest BCUT2D eigenvalue weighted by Gasteiger charge is 2.53. The number of carbonyl (C=O) groups is 1. The normalized spacial score (nSPS) is 15.2. The summed E-state index contributed by atoms with van der Waals surface area (Å²) in [5.41, 5.74) is -0.883. The van der Waals surface area contributed by atoms with Crippen LogP contribution in [-0.4, -0.2) is 14.3 Å². The van der Waals surface area contributed by atoms with Crippen molar-refractivity contribution in [1.29, 1.82) is 5.26 Å². The van der Waals surface area contributed by atoms with Crippen molar-refractivity contribution in [2.75, 3.05) is 0 Å². The molecule has 0 bridgehead atoms. The molecule has 3 rings (SSSR count). The van der Waals surface area contributed by atoms with Crippen molar-refractivity contribution in [3.63, 3.8) is 0 Å². The summed E-state index contributed by atoms with van der Waals surface area (Å²) < 4.78 is 40.4. The third kappa shape index (κ3) is 3.28. The Morgan fingerprint density at radius 2 is 1.88 bits per heavy atom. The third-order valence-corrected chi connectivity index (χ3v) is 6.13. The second kappa shape index (κ2) is 6.54. The Hall–Kier alpha value is -2.14. The lowest BCUT2D eigenvalue weighted by atomic mass is 9.95. The van der Waals surface area contributed by atoms with Crippen LogP contribution < -0.4 is 4.72 Å². The van der Waals surface area contributed by atoms with Crippen LogP contribution in [0.4, 0.5) is 4.39 Å². The van der Waals surface area contributed by atoms with Gasteiger partial charge < -0.3 is 0 Å². The molecule has 1 aliphatic carbocycles. The van der Waals surface area contributed by atoms with Gasteiger partial charge >= 0.3 is 0 Å². The number of carbonyl (C=O) groups excluding carboxylic acids is 1. The summed E-state index contributed by atoms with van der Waals surface area (Å²) >= 11 is 12.0. The van der Waals surface area contributed by atoms with Crippen LogP contribution in [0.25, 0.3) is 0 Å². The highest BCUT2D eigenvalue weighted by atomic mass is 35.5. The van der Waals surface area contributed by atoms with Crippen molar-refractivity contribution in [2.45, 2.75) is 23.2 Å². The molecule has 0 spiro atoms. The van der Waals surface area contributed by atoms with Gasteiger partial charge in [0.05, 0.1) is 11.0 Å². The van der Waals surface area contributed by atoms with E-state index in [1.807, 2.05) is 4.72 Å². The van der Waals surface area contributed by atoms with E-state index in [1.54, 1.807) is 18.2 Å². The number of rotatable bonds is 4. The first-order valence-corrected chi connectivity index (χ1v) is 9.66. The molecule has 26 heavy (non-hydrogen) atoms. The summed E-state index contributed by atoms with van der Waals surface area (Å²) in [6.07, 6.45) is 0.813. The van der Waals surface area contributed by atoms with Gasteiger partial charge in [-0.3, -0.25) is 4.79 Å². The zero-order valence-electron chi connectivity index (χ0n) is 13.1. The van der Waals surface area contributed by atoms with Gasteiger partial charge in [-0.2, -0.15) is 5.26 Å². The van der Waals surface area contributed by atoms with Gasteiger partial charge in [-0.15, -0.1) is 0 Å². The van der Waals surface area contributed by atoms with Crippen molar-refractivity contribution in [2.24, 2.45) is 0 Å². The first-order valence-electron chi connectivity index (χ1n) is 7.42. The fourth-order valence-electron chi connectivity index (χ4n) is 2.71. The predicted octanol–water partition coefficient (Wildman–Crippen LogP) is 3.54. The molecule has 2 aromatic carbocycles. The lowest BCUT2D eigenvalue weighted by molar-refractivity contribution is -0.121. The molecule has 0 radical (unpaired) electrons. The zero-order chi connectivity index (χ0) is 19.1. The molecule has 1 N–H and O–H groups in total. The van der Waals surface area contributed by atoms with Crippen LogP contribution in [0.2, 0.25) is 10.0 Å². The van der Waals surface area contributed by atoms with Crippen LogP contribution in [0.1, 0.15) is 24.0 Å². The summed E-state index contributed by atoms with van der Waals surface area (Å²) in [6, 6.07) is 8.98. The summed E-state index contributed by atoms with van der Waals surface area (Å²) in [5.74, 6) is -1.62. The average Bonchev–Trinajstić information content (AvgIpc) is 3.36. The molecule has 1 saturated carbocycles. The van der Waals surface area contributed by atoms with Crippen molar-refractivity contribution in [3.05, 3.63) is 63.4 Å². The monoisotopic (exact) mass is 412 g/mol. The Bertz CT molecular complexity index is 1060. The molecule has 1 aliphatic rings. The molecule has 0 aliphatic heterocycles. The van der Waals surface area contributed by atoms with Gasteiger partial charge in [-0.05, 0) is 48.7 Å². The maximum Gasteiger partial charge on any atom is 0.265 e. The van der Waals surface area contributed by atoms with Crippen molar-refractivity contribution in [3.8, 4) is 6.07 Å². The van der Waals surface area contributed by atoms with Crippen LogP contribution in [0.3, 0.4) is 0 Å². The SMILES string of the molecule is N#Cc1ccc(F)cc1S(=O)(=O)NC(=O)C1(c2ccc(Cl)cc2Cl)CC1. The topological polar surface area (TPSA) is 87.0 Å². The van der Waals surface area contributed by atoms with Crippen molar-refractivity contribution in [1.82, 2.24) is 4.72 Å². The first-order chi connectivity index (χ1) is 12.2. The van der Waals surface area contributed by atoms with E-state index < -0.39 is 32.1 Å². The van der Waals surface area contributed by atoms with E-state index in [2.05, 4.69) is 0 Å². The number of nitriles is 1. The van der Waals surface area contributed by atoms with Gasteiger partial charge in [0.25, 0.3) is 10.0 Å². The van der Waals surface area contributed by atoms with E-state index in [9.17, 15) is 17.6 Å². The quantitative estimate of drug-likeness (QED) is 0.831. The van der Waals surface area contributed by atoms with Gasteiger partial charge in [0.2, 0.25) is 5.91 Å². The first kappa shape index (κ1) is 18.6. The van der Waals surface area contributed by atoms with E-state index in [0.29, 0.717) is 29.5 Å². The number of nitrogens with zero attached hydrogens (tertiary/aromatic N) is 1. The van der Waals surface area contributed by atoms with Crippen molar-refractivity contribution >= 4 is 39.1 Å². The lowest BCUT2D eigenvalue weighted by Gasteiger charge is -2.17. The molecule has 5 nitrogen and oxygen atoms in total. The minimum Gasteiger partial charge on any atom is -0.273 e. The third-order valence-electron chi connectivity index (χ3n) is 4.21. The predicted molar refractivity (Wildman–Crippen MR) is 93.8 cm³/mol. The Morgan fingerprint density at radius 1 is 1.19 bits per heavy atom. The zero-order valence-corrected chi connectivity index (χ0v) is 15.4. The number of sulfonamides is 1. The number of hydrogen-bond donors (Lipinski definition) is 1. The van der Waals surface area contributed by atoms with Crippen LogP contribution in [-0.2, 0) is 20.2 Å². The highest BCUT2D eigenvalue weighted by Crippen LogP contribution is 2.51. The van der Waals surface area contributed by atoms with Crippen LogP contribution in [0, 0.1) is 17.1 Å². The van der Waals surface area contributed by atoms with E-state index in [-0.39, 0.29) is 10.6 Å². The van der Waals surface area contributed by atoms with Gasteiger partial charge in [-0.25, -0.2) is 17.5 Å². The number of halogens is 3. The molecule has 0 saturated heterocycles. The average molecular weight is 413 g/mol. The minimum atomic E-state index is -4.43. The minimum absolute atomic E-state index is 0.256. The molecule has 0 aromatic heterocycles. The van der Waals surface area contributed by atoms with Gasteiger partial charge in [0, 0.05) is 10.0 Å². The maximum absolute atomic E-state index is 13.4. The second-order valence-electron chi connectivity index (χ2n) is 5.89. The molecular weight excluding hydrogens is 402 g/mol. The molecule has 0 unspecified atom stereocenters. The number of nitrogens with one attached hydrogen (secondary N) is 1. The Kier molecular flexibility index (Phi) is 4.69. The van der Waals surface area contributed by atoms with E-state index in [1.165, 1.54) is 6.07 Å². The fraction of sp³-hybridized carbons (Fsp3) is 0.176. The molecule has 2 aromatic rings. The smallest absolute Gasteiger partial charge is 0.265 e. The fourth-order valence-corrected chi connectivity index (χ4v) is 4.52. The van der Waals surface area contributed by atoms with E-state index in [0.717, 1.165) is 12.1 Å². The Labute approximate surface area is 159 Å². The maximum atomic E-state index is 13.4.